The molecule has 5 amide bonds. The number of hydrogen-bond donors (Lipinski definition) is 1. The molecule has 1 aromatic carbocycles. The molecule has 8 nitrogen and oxygen atoms in total. The van der Waals surface area contributed by atoms with Gasteiger partial charge in [0.1, 0.15) is 0 Å². The van der Waals surface area contributed by atoms with Crippen LogP contribution in [-0.2, 0) is 14.4 Å². The number of unbranched alkanes of at least 4 members (excludes halogenated alkanes) is 2. The Morgan fingerprint density at radius 3 is 2.17 bits per heavy atom. The Morgan fingerprint density at radius 1 is 0.966 bits per heavy atom. The molecule has 0 aromatic heterocycles. The van der Waals surface area contributed by atoms with E-state index in [0.29, 0.717) is 17.0 Å². The first-order valence-corrected chi connectivity index (χ1v) is 9.85. The summed E-state index contributed by atoms with van der Waals surface area (Å²) in [6, 6.07) is 5.45. The summed E-state index contributed by atoms with van der Waals surface area (Å²) in [5.74, 6) is -2.44. The lowest BCUT2D eigenvalue weighted by atomic mass is 10.1. The van der Waals surface area contributed by atoms with E-state index in [0.717, 1.165) is 24.2 Å². The van der Waals surface area contributed by atoms with Crippen LogP contribution in [0.1, 0.15) is 56.8 Å². The molecule has 156 valence electrons. The van der Waals surface area contributed by atoms with Crippen LogP contribution in [0.15, 0.2) is 24.3 Å². The van der Waals surface area contributed by atoms with Gasteiger partial charge in [-0.15, -0.1) is 0 Å². The molecule has 1 aliphatic rings. The van der Waals surface area contributed by atoms with Gasteiger partial charge in [-0.1, -0.05) is 33.6 Å². The topological polar surface area (TPSA) is 104 Å². The molecule has 1 saturated heterocycles. The second-order valence-electron chi connectivity index (χ2n) is 7.49. The normalized spacial score (nSPS) is 14.1. The Labute approximate surface area is 170 Å². The van der Waals surface area contributed by atoms with E-state index in [9.17, 15) is 24.0 Å². The maximum atomic E-state index is 12.5. The van der Waals surface area contributed by atoms with Gasteiger partial charge in [-0.3, -0.25) is 24.1 Å². The number of ketones is 1. The maximum Gasteiger partial charge on any atom is 0.334 e. The predicted molar refractivity (Wildman–Crippen MR) is 107 cm³/mol. The number of anilines is 1. The first-order chi connectivity index (χ1) is 13.7. The summed E-state index contributed by atoms with van der Waals surface area (Å²) in [5.41, 5.74) is 0.846. The van der Waals surface area contributed by atoms with Gasteiger partial charge in [0.05, 0.1) is 6.54 Å². The fourth-order valence-electron chi connectivity index (χ4n) is 2.95. The van der Waals surface area contributed by atoms with Crippen molar-refractivity contribution < 1.29 is 24.0 Å². The first-order valence-electron chi connectivity index (χ1n) is 9.85. The highest BCUT2D eigenvalue weighted by Crippen LogP contribution is 2.16. The molecule has 1 aliphatic heterocycles. The molecular formula is C21H27N3O5. The maximum absolute atomic E-state index is 12.5. The van der Waals surface area contributed by atoms with Crippen molar-refractivity contribution >= 4 is 35.2 Å². The predicted octanol–water partition coefficient (Wildman–Crippen LogP) is 2.83. The highest BCUT2D eigenvalue weighted by molar-refractivity contribution is 6.45. The molecule has 1 fully saturated rings. The molecule has 0 saturated carbocycles. The molecule has 1 aromatic rings. The standard InChI is InChI=1S/C21H27N3O5/c1-4-5-6-7-18(26)22-16-10-8-15(9-11-16)17(25)13-24-20(28)19(27)23(21(24)29)12-14(2)3/h8-11,14H,4-7,12-13H2,1-3H3,(H,22,26). The SMILES string of the molecule is CCCCCC(=O)Nc1ccc(C(=O)CN2C(=O)C(=O)N(CC(C)C)C2=O)cc1. The van der Waals surface area contributed by atoms with Crippen LogP contribution in [0.4, 0.5) is 10.5 Å². The zero-order chi connectivity index (χ0) is 21.6. The quantitative estimate of drug-likeness (QED) is 0.281. The van der Waals surface area contributed by atoms with Crippen molar-refractivity contribution in [2.45, 2.75) is 46.5 Å². The van der Waals surface area contributed by atoms with Crippen LogP contribution >= 0.6 is 0 Å². The molecule has 1 N–H and O–H groups in total. The Kier molecular flexibility index (Phi) is 7.64. The van der Waals surface area contributed by atoms with Gasteiger partial charge in [0, 0.05) is 24.2 Å². The number of amides is 5. The molecule has 0 aliphatic carbocycles. The summed E-state index contributed by atoms with van der Waals surface area (Å²) in [7, 11) is 0. The number of nitrogens with one attached hydrogen (secondary N) is 1. The van der Waals surface area contributed by atoms with Gasteiger partial charge in [0.2, 0.25) is 5.91 Å². The number of imide groups is 2. The summed E-state index contributed by atoms with van der Waals surface area (Å²) in [5, 5.41) is 2.76. The van der Waals surface area contributed by atoms with Gasteiger partial charge in [-0.05, 0) is 36.6 Å². The second kappa shape index (κ2) is 9.95. The zero-order valence-corrected chi connectivity index (χ0v) is 17.1. The minimum absolute atomic E-state index is 0.0103. The molecule has 29 heavy (non-hydrogen) atoms. The average Bonchev–Trinajstić information content (AvgIpc) is 2.86. The summed E-state index contributed by atoms with van der Waals surface area (Å²) in [6.07, 6.45) is 3.29. The van der Waals surface area contributed by atoms with E-state index >= 15 is 0 Å². The molecule has 8 heteroatoms. The smallest absolute Gasteiger partial charge is 0.326 e. The van der Waals surface area contributed by atoms with Crippen LogP contribution < -0.4 is 5.32 Å². The fourth-order valence-corrected chi connectivity index (χ4v) is 2.95. The molecule has 0 bridgehead atoms. The van der Waals surface area contributed by atoms with Gasteiger partial charge in [-0.25, -0.2) is 9.69 Å². The fraction of sp³-hybridized carbons (Fsp3) is 0.476. The van der Waals surface area contributed by atoms with Crippen molar-refractivity contribution in [3.63, 3.8) is 0 Å². The number of hydrogen-bond acceptors (Lipinski definition) is 5. The lowest BCUT2D eigenvalue weighted by Crippen LogP contribution is -2.38. The summed E-state index contributed by atoms with van der Waals surface area (Å²) < 4.78 is 0. The van der Waals surface area contributed by atoms with Crippen LogP contribution in [0.3, 0.4) is 0 Å². The average molecular weight is 401 g/mol. The van der Waals surface area contributed by atoms with Crippen molar-refractivity contribution in [1.82, 2.24) is 9.80 Å². The van der Waals surface area contributed by atoms with E-state index in [1.54, 1.807) is 12.1 Å². The number of carbonyl (C=O) groups is 5. The van der Waals surface area contributed by atoms with E-state index in [1.165, 1.54) is 12.1 Å². The summed E-state index contributed by atoms with van der Waals surface area (Å²) >= 11 is 0. The molecule has 0 radical (unpaired) electrons. The third-order valence-corrected chi connectivity index (χ3v) is 4.48. The van der Waals surface area contributed by atoms with Gasteiger partial charge in [0.25, 0.3) is 0 Å². The van der Waals surface area contributed by atoms with E-state index < -0.39 is 30.2 Å². The lowest BCUT2D eigenvalue weighted by molar-refractivity contribution is -0.143. The number of urea groups is 1. The Bertz CT molecular complexity index is 801. The minimum atomic E-state index is -0.986. The molecule has 1 heterocycles. The molecule has 2 rings (SSSR count). The first kappa shape index (κ1) is 22.3. The van der Waals surface area contributed by atoms with Crippen molar-refractivity contribution in [3.05, 3.63) is 29.8 Å². The third-order valence-electron chi connectivity index (χ3n) is 4.48. The van der Waals surface area contributed by atoms with E-state index in [-0.39, 0.29) is 23.9 Å². The number of carbonyl (C=O) groups excluding carboxylic acids is 5. The van der Waals surface area contributed by atoms with Gasteiger partial charge in [0.15, 0.2) is 5.78 Å². The Hall–Kier alpha value is -3.03. The van der Waals surface area contributed by atoms with Gasteiger partial charge < -0.3 is 5.32 Å². The van der Waals surface area contributed by atoms with E-state index in [4.69, 9.17) is 0 Å². The van der Waals surface area contributed by atoms with Crippen LogP contribution in [0.25, 0.3) is 0 Å². The number of Topliss-reactive ketones (excluding diaryl/α,β-unsaturated/α-hetero) is 1. The minimum Gasteiger partial charge on any atom is -0.326 e. The van der Waals surface area contributed by atoms with Crippen molar-refractivity contribution in [2.24, 2.45) is 5.92 Å². The number of rotatable bonds is 10. The Morgan fingerprint density at radius 2 is 1.59 bits per heavy atom. The summed E-state index contributed by atoms with van der Waals surface area (Å²) in [6.45, 7) is 5.34. The molecule has 0 atom stereocenters. The lowest BCUT2D eigenvalue weighted by Gasteiger charge is -2.16. The largest absolute Gasteiger partial charge is 0.334 e. The molecular weight excluding hydrogens is 374 g/mol. The van der Waals surface area contributed by atoms with Crippen molar-refractivity contribution in [1.29, 1.82) is 0 Å². The van der Waals surface area contributed by atoms with Crippen LogP contribution in [0, 0.1) is 5.92 Å². The van der Waals surface area contributed by atoms with Crippen LogP contribution in [0.5, 0.6) is 0 Å². The molecule has 0 unspecified atom stereocenters. The van der Waals surface area contributed by atoms with Crippen molar-refractivity contribution in [2.75, 3.05) is 18.4 Å². The van der Waals surface area contributed by atoms with Crippen LogP contribution in [0.2, 0.25) is 0 Å². The van der Waals surface area contributed by atoms with Crippen molar-refractivity contribution in [3.8, 4) is 0 Å². The highest BCUT2D eigenvalue weighted by atomic mass is 16.2. The van der Waals surface area contributed by atoms with Crippen LogP contribution in [-0.4, -0.2) is 52.4 Å². The number of benzene rings is 1. The zero-order valence-electron chi connectivity index (χ0n) is 17.1. The summed E-state index contributed by atoms with van der Waals surface area (Å²) in [4.78, 5) is 62.2. The third kappa shape index (κ3) is 5.73. The number of nitrogens with zero attached hydrogens (tertiary/aromatic N) is 2. The molecule has 0 spiro atoms. The Balaban J connectivity index is 1.97. The van der Waals surface area contributed by atoms with Gasteiger partial charge >= 0.3 is 17.8 Å². The van der Waals surface area contributed by atoms with Gasteiger partial charge in [-0.2, -0.15) is 0 Å². The van der Waals surface area contributed by atoms with E-state index in [1.807, 2.05) is 13.8 Å². The van der Waals surface area contributed by atoms with E-state index in [2.05, 4.69) is 12.2 Å². The second-order valence-corrected chi connectivity index (χ2v) is 7.49. The highest BCUT2D eigenvalue weighted by Gasteiger charge is 2.45. The monoisotopic (exact) mass is 401 g/mol.